The normalized spacial score (nSPS) is 27.7. The molecule has 0 saturated heterocycles. The molecule has 0 amide bonds. The number of fused-ring (bicyclic) bond motifs is 5. The van der Waals surface area contributed by atoms with E-state index >= 15 is 0 Å². The standard InChI is InChI=1S/C61H114N3O8.3BrH/c1-14-15-16-17-18-19-20-21-22-23-24-25-26-27-43-69-55(65)37-34-47(2)50-35-36-51-59-52(46-54(61(50,51)4)72-58(68)33-30-42-64(11,12)13)60(3)39-38-49(70-56(66)31-28-40-62(5,6)7)44-48(60)45-53(59)71-57(67)32-29-41-63(8,9)10;;;/h47-54,59H,14-46H2,1-13H3;3*1H/q+3;;;/p-3/t47-,48+,49-,50-,51+,52+,53-,54+,59+,60+,61-;;;/m1.../s1. The van der Waals surface area contributed by atoms with Crippen molar-refractivity contribution in [2.24, 2.45) is 46.3 Å². The van der Waals surface area contributed by atoms with Gasteiger partial charge in [0, 0.05) is 37.0 Å². The van der Waals surface area contributed by atoms with Crippen LogP contribution < -0.4 is 50.9 Å². The molecule has 11 nitrogen and oxygen atoms in total. The molecule has 4 rings (SSSR count). The number of quaternary nitrogens is 3. The molecule has 0 N–H and O–H groups in total. The Kier molecular flexibility index (Phi) is 33.2. The summed E-state index contributed by atoms with van der Waals surface area (Å²) in [4.78, 5) is 54.5. The molecule has 0 radical (unpaired) electrons. The molecule has 0 aliphatic heterocycles. The third-order valence-electron chi connectivity index (χ3n) is 18.5. The number of nitrogens with zero attached hydrogens (tertiary/aromatic N) is 3. The molecule has 4 saturated carbocycles. The quantitative estimate of drug-likeness (QED) is 0.0418. The van der Waals surface area contributed by atoms with E-state index in [2.05, 4.69) is 91.1 Å². The number of hydrogen-bond acceptors (Lipinski definition) is 8. The molecule has 11 atom stereocenters. The van der Waals surface area contributed by atoms with Crippen LogP contribution in [0.25, 0.3) is 0 Å². The van der Waals surface area contributed by atoms with Crippen LogP contribution >= 0.6 is 0 Å². The van der Waals surface area contributed by atoms with Gasteiger partial charge in [-0.3, -0.25) is 19.2 Å². The zero-order chi connectivity index (χ0) is 53.2. The first-order chi connectivity index (χ1) is 33.9. The fourth-order valence-corrected chi connectivity index (χ4v) is 14.4. The van der Waals surface area contributed by atoms with E-state index in [1.165, 1.54) is 77.0 Å². The molecule has 0 aromatic carbocycles. The van der Waals surface area contributed by atoms with Crippen molar-refractivity contribution in [1.29, 1.82) is 0 Å². The van der Waals surface area contributed by atoms with Crippen molar-refractivity contribution in [2.45, 2.75) is 232 Å². The Balaban J connectivity index is 0.00000937. The van der Waals surface area contributed by atoms with Gasteiger partial charge in [0.15, 0.2) is 0 Å². The molecule has 0 unspecified atom stereocenters. The Labute approximate surface area is 491 Å². The highest BCUT2D eigenvalue weighted by Gasteiger charge is 2.68. The van der Waals surface area contributed by atoms with Crippen molar-refractivity contribution in [1.82, 2.24) is 0 Å². The maximum Gasteiger partial charge on any atom is 0.306 e. The SMILES string of the molecule is CCCCCCCCCCCCCCCCOC(=O)CC[C@@H](C)[C@H]1CC[C@H]2[C@@H]3[C@H](OC(=O)CCC[N+](C)(C)C)C[C@@H]4C[C@H](OC(=O)CCC[N+](C)(C)C)CC[C@]4(C)[C@H]3C[C@H](OC(=O)CCC[N+](C)(C)C)[C@]12C.[Br-].[Br-].[Br-]. The van der Waals surface area contributed by atoms with Gasteiger partial charge in [-0.1, -0.05) is 111 Å². The van der Waals surface area contributed by atoms with Gasteiger partial charge in [0.2, 0.25) is 0 Å². The van der Waals surface area contributed by atoms with E-state index < -0.39 is 0 Å². The minimum atomic E-state index is -0.343. The Hall–Kier alpha value is -0.800. The molecule has 4 fully saturated rings. The highest BCUT2D eigenvalue weighted by Crippen LogP contribution is 2.69. The second kappa shape index (κ2) is 34.5. The third-order valence-corrected chi connectivity index (χ3v) is 18.5. The lowest BCUT2D eigenvalue weighted by atomic mass is 9.43. The number of hydrogen-bond donors (Lipinski definition) is 0. The van der Waals surface area contributed by atoms with Crippen molar-refractivity contribution in [3.05, 3.63) is 0 Å². The number of ether oxygens (including phenoxy) is 4. The minimum Gasteiger partial charge on any atom is -1.00 e. The summed E-state index contributed by atoms with van der Waals surface area (Å²) in [7, 11) is 19.4. The summed E-state index contributed by atoms with van der Waals surface area (Å²) in [5, 5.41) is 0. The average molecular weight is 1260 g/mol. The van der Waals surface area contributed by atoms with Crippen LogP contribution in [0.1, 0.15) is 214 Å². The largest absolute Gasteiger partial charge is 1.00 e. The molecule has 442 valence electrons. The molecular weight excluding hydrogens is 1140 g/mol. The molecule has 0 aromatic heterocycles. The van der Waals surface area contributed by atoms with Gasteiger partial charge in [-0.25, -0.2) is 0 Å². The molecule has 75 heavy (non-hydrogen) atoms. The van der Waals surface area contributed by atoms with Gasteiger partial charge in [-0.05, 0) is 92.8 Å². The molecule has 0 spiro atoms. The number of carbonyl (C=O) groups excluding carboxylic acids is 4. The maximum absolute atomic E-state index is 14.1. The Morgan fingerprint density at radius 3 is 1.48 bits per heavy atom. The van der Waals surface area contributed by atoms with Crippen molar-refractivity contribution < 1.29 is 103 Å². The van der Waals surface area contributed by atoms with E-state index in [1.54, 1.807) is 0 Å². The lowest BCUT2D eigenvalue weighted by Crippen LogP contribution is -3.00. The van der Waals surface area contributed by atoms with Crippen LogP contribution in [0.5, 0.6) is 0 Å². The van der Waals surface area contributed by atoms with Crippen LogP contribution in [-0.2, 0) is 38.1 Å². The smallest absolute Gasteiger partial charge is 0.306 e. The van der Waals surface area contributed by atoms with Crippen LogP contribution in [0.4, 0.5) is 0 Å². The first kappa shape index (κ1) is 72.2. The third kappa shape index (κ3) is 24.4. The van der Waals surface area contributed by atoms with Gasteiger partial charge >= 0.3 is 23.9 Å². The van der Waals surface area contributed by atoms with Crippen LogP contribution in [-0.4, -0.2) is 145 Å². The monoisotopic (exact) mass is 1250 g/mol. The van der Waals surface area contributed by atoms with Gasteiger partial charge in [0.25, 0.3) is 0 Å². The van der Waals surface area contributed by atoms with Crippen molar-refractivity contribution in [3.63, 3.8) is 0 Å². The van der Waals surface area contributed by atoms with Crippen LogP contribution in [0.3, 0.4) is 0 Å². The zero-order valence-electron chi connectivity index (χ0n) is 50.3. The highest BCUT2D eigenvalue weighted by atomic mass is 79.9. The fraction of sp³-hybridized carbons (Fsp3) is 0.934. The van der Waals surface area contributed by atoms with Gasteiger partial charge < -0.3 is 83.3 Å². The summed E-state index contributed by atoms with van der Waals surface area (Å²) in [5.74, 6) is 0.735. The predicted molar refractivity (Wildman–Crippen MR) is 292 cm³/mol. The van der Waals surface area contributed by atoms with Crippen LogP contribution in [0.2, 0.25) is 0 Å². The number of carbonyl (C=O) groups is 4. The second-order valence-corrected chi connectivity index (χ2v) is 27.6. The molecule has 0 heterocycles. The second-order valence-electron chi connectivity index (χ2n) is 27.6. The van der Waals surface area contributed by atoms with Crippen molar-refractivity contribution >= 4 is 23.9 Å². The number of rotatable bonds is 34. The van der Waals surface area contributed by atoms with E-state index in [9.17, 15) is 19.2 Å². The first-order valence-corrected chi connectivity index (χ1v) is 30.0. The number of halogens is 3. The van der Waals surface area contributed by atoms with Gasteiger partial charge in [0.05, 0.1) is 109 Å². The van der Waals surface area contributed by atoms with E-state index in [1.807, 2.05) is 0 Å². The summed E-state index contributed by atoms with van der Waals surface area (Å²) in [6.07, 6.45) is 28.2. The number of esters is 4. The Morgan fingerprint density at radius 2 is 0.987 bits per heavy atom. The maximum atomic E-state index is 14.1. The van der Waals surface area contributed by atoms with Crippen molar-refractivity contribution in [3.8, 4) is 0 Å². The summed E-state index contributed by atoms with van der Waals surface area (Å²) < 4.78 is 28.1. The van der Waals surface area contributed by atoms with E-state index in [-0.39, 0.29) is 139 Å². The topological polar surface area (TPSA) is 105 Å². The molecule has 0 aromatic rings. The lowest BCUT2D eigenvalue weighted by Gasteiger charge is -2.64. The summed E-state index contributed by atoms with van der Waals surface area (Å²) in [6, 6.07) is 0. The summed E-state index contributed by atoms with van der Waals surface area (Å²) >= 11 is 0. The predicted octanol–water partition coefficient (Wildman–Crippen LogP) is 3.51. The van der Waals surface area contributed by atoms with Crippen molar-refractivity contribution in [2.75, 3.05) is 89.7 Å². The van der Waals surface area contributed by atoms with Gasteiger partial charge in [-0.2, -0.15) is 0 Å². The van der Waals surface area contributed by atoms with E-state index in [0.717, 1.165) is 117 Å². The van der Waals surface area contributed by atoms with Gasteiger partial charge in [-0.15, -0.1) is 0 Å². The van der Waals surface area contributed by atoms with Crippen LogP contribution in [0, 0.1) is 46.3 Å². The lowest BCUT2D eigenvalue weighted by molar-refractivity contribution is -0.870. The Morgan fingerprint density at radius 1 is 0.520 bits per heavy atom. The van der Waals surface area contributed by atoms with Crippen LogP contribution in [0.15, 0.2) is 0 Å². The minimum absolute atomic E-state index is 0. The Bertz CT molecular complexity index is 1650. The molecular formula is C61H114Br3N3O8. The molecule has 14 heteroatoms. The molecule has 4 aliphatic carbocycles. The number of unbranched alkanes of at least 4 members (excludes halogenated alkanes) is 13. The fourth-order valence-electron chi connectivity index (χ4n) is 14.4. The average Bonchev–Trinajstić information content (AvgIpc) is 3.64. The summed E-state index contributed by atoms with van der Waals surface area (Å²) in [6.45, 7) is 12.6. The zero-order valence-corrected chi connectivity index (χ0v) is 55.0. The first-order valence-electron chi connectivity index (χ1n) is 30.0. The summed E-state index contributed by atoms with van der Waals surface area (Å²) in [5.41, 5.74) is -0.426. The molecule has 4 aliphatic rings. The highest BCUT2D eigenvalue weighted by molar-refractivity contribution is 5.71. The van der Waals surface area contributed by atoms with E-state index in [0.29, 0.717) is 32.3 Å². The molecule has 0 bridgehead atoms. The van der Waals surface area contributed by atoms with Gasteiger partial charge in [0.1, 0.15) is 18.3 Å². The van der Waals surface area contributed by atoms with E-state index in [4.69, 9.17) is 18.9 Å².